The molecule has 3 atom stereocenters. The first-order valence-electron chi connectivity index (χ1n) is 9.54. The predicted molar refractivity (Wildman–Crippen MR) is 102 cm³/mol. The third kappa shape index (κ3) is 3.32. The van der Waals surface area contributed by atoms with Gasteiger partial charge in [0.15, 0.2) is 0 Å². The molecule has 0 aromatic carbocycles. The van der Waals surface area contributed by atoms with Crippen molar-refractivity contribution in [2.45, 2.75) is 42.9 Å². The third-order valence-electron chi connectivity index (χ3n) is 6.10. The maximum Gasteiger partial charge on any atom is 0.253 e. The summed E-state index contributed by atoms with van der Waals surface area (Å²) in [6.45, 7) is 5.95. The van der Waals surface area contributed by atoms with Gasteiger partial charge in [0, 0.05) is 24.5 Å². The SMILES string of the molecule is Cc1ccc(S(=O)(=O)N2CCCC2C(=O)N2CC[C@@H]3CNC[C@@H]3CC2)s1. The van der Waals surface area contributed by atoms with Crippen LogP contribution >= 0.6 is 11.3 Å². The zero-order chi connectivity index (χ0) is 18.3. The molecule has 0 saturated carbocycles. The first-order valence-corrected chi connectivity index (χ1v) is 11.8. The molecule has 1 amide bonds. The highest BCUT2D eigenvalue weighted by molar-refractivity contribution is 7.91. The average molecular weight is 398 g/mol. The van der Waals surface area contributed by atoms with Crippen molar-refractivity contribution in [1.82, 2.24) is 14.5 Å². The van der Waals surface area contributed by atoms with E-state index in [-0.39, 0.29) is 5.91 Å². The van der Waals surface area contributed by atoms with Crippen LogP contribution in [-0.4, -0.2) is 62.3 Å². The topological polar surface area (TPSA) is 69.7 Å². The second-order valence-electron chi connectivity index (χ2n) is 7.72. The highest BCUT2D eigenvalue weighted by Gasteiger charge is 2.42. The molecule has 0 radical (unpaired) electrons. The van der Waals surface area contributed by atoms with E-state index in [2.05, 4.69) is 5.32 Å². The van der Waals surface area contributed by atoms with Crippen molar-refractivity contribution in [3.63, 3.8) is 0 Å². The molecule has 0 spiro atoms. The van der Waals surface area contributed by atoms with Gasteiger partial charge in [0.2, 0.25) is 5.91 Å². The Balaban J connectivity index is 1.50. The minimum absolute atomic E-state index is 0.00675. The summed E-state index contributed by atoms with van der Waals surface area (Å²) in [4.78, 5) is 16.1. The Morgan fingerprint density at radius 1 is 1.12 bits per heavy atom. The minimum Gasteiger partial charge on any atom is -0.341 e. The maximum absolute atomic E-state index is 13.2. The molecule has 8 heteroatoms. The molecule has 3 aliphatic rings. The van der Waals surface area contributed by atoms with Crippen molar-refractivity contribution in [1.29, 1.82) is 0 Å². The summed E-state index contributed by atoms with van der Waals surface area (Å²) in [5.74, 6) is 1.32. The Morgan fingerprint density at radius 2 is 1.81 bits per heavy atom. The van der Waals surface area contributed by atoms with Crippen LogP contribution in [0.5, 0.6) is 0 Å². The largest absolute Gasteiger partial charge is 0.341 e. The molecule has 4 rings (SSSR count). The van der Waals surface area contributed by atoms with Crippen molar-refractivity contribution in [3.05, 3.63) is 17.0 Å². The van der Waals surface area contributed by atoms with Gasteiger partial charge in [-0.15, -0.1) is 11.3 Å². The molecule has 1 aromatic rings. The lowest BCUT2D eigenvalue weighted by Gasteiger charge is -2.29. The van der Waals surface area contributed by atoms with Crippen LogP contribution in [-0.2, 0) is 14.8 Å². The molecule has 4 heterocycles. The van der Waals surface area contributed by atoms with Gasteiger partial charge in [0.25, 0.3) is 10.0 Å². The van der Waals surface area contributed by atoms with Gasteiger partial charge in [-0.1, -0.05) is 0 Å². The van der Waals surface area contributed by atoms with E-state index in [1.165, 1.54) is 15.6 Å². The van der Waals surface area contributed by atoms with Gasteiger partial charge in [-0.25, -0.2) is 8.42 Å². The van der Waals surface area contributed by atoms with E-state index in [0.717, 1.165) is 50.3 Å². The number of carbonyl (C=O) groups excluding carboxylic acids is 1. The number of fused-ring (bicyclic) bond motifs is 1. The molecule has 0 aliphatic carbocycles. The van der Waals surface area contributed by atoms with Crippen LogP contribution in [0, 0.1) is 18.8 Å². The van der Waals surface area contributed by atoms with Gasteiger partial charge in [-0.05, 0) is 69.7 Å². The van der Waals surface area contributed by atoms with Gasteiger partial charge in [0.05, 0.1) is 0 Å². The predicted octanol–water partition coefficient (Wildman–Crippen LogP) is 1.67. The number of hydrogen-bond acceptors (Lipinski definition) is 5. The van der Waals surface area contributed by atoms with E-state index in [4.69, 9.17) is 0 Å². The Labute approximate surface area is 159 Å². The first kappa shape index (κ1) is 18.4. The molecule has 3 saturated heterocycles. The highest BCUT2D eigenvalue weighted by atomic mass is 32.2. The van der Waals surface area contributed by atoms with Crippen LogP contribution in [0.1, 0.15) is 30.6 Å². The summed E-state index contributed by atoms with van der Waals surface area (Å²) in [6, 6.07) is 2.96. The van der Waals surface area contributed by atoms with Crippen LogP contribution in [0.4, 0.5) is 0 Å². The van der Waals surface area contributed by atoms with Gasteiger partial charge < -0.3 is 10.2 Å². The van der Waals surface area contributed by atoms with Crippen molar-refractivity contribution in [2.24, 2.45) is 11.8 Å². The van der Waals surface area contributed by atoms with Crippen LogP contribution in [0.15, 0.2) is 16.3 Å². The fraction of sp³-hybridized carbons (Fsp3) is 0.722. The lowest BCUT2D eigenvalue weighted by atomic mass is 9.92. The van der Waals surface area contributed by atoms with E-state index in [1.54, 1.807) is 6.07 Å². The Hall–Kier alpha value is -0.960. The normalized spacial score (nSPS) is 30.3. The number of likely N-dealkylation sites (tertiary alicyclic amines) is 1. The van der Waals surface area contributed by atoms with E-state index in [1.807, 2.05) is 17.9 Å². The summed E-state index contributed by atoms with van der Waals surface area (Å²) in [6.07, 6.45) is 3.43. The molecule has 0 bridgehead atoms. The molecule has 3 fully saturated rings. The van der Waals surface area contributed by atoms with Gasteiger partial charge in [0.1, 0.15) is 10.3 Å². The van der Waals surface area contributed by atoms with Gasteiger partial charge in [-0.2, -0.15) is 4.31 Å². The van der Waals surface area contributed by atoms with E-state index in [0.29, 0.717) is 29.0 Å². The molecule has 144 valence electrons. The monoisotopic (exact) mass is 397 g/mol. The second kappa shape index (κ2) is 7.22. The number of nitrogens with one attached hydrogen (secondary N) is 1. The third-order valence-corrected chi connectivity index (χ3v) is 9.47. The summed E-state index contributed by atoms with van der Waals surface area (Å²) in [5, 5.41) is 3.45. The smallest absolute Gasteiger partial charge is 0.253 e. The summed E-state index contributed by atoms with van der Waals surface area (Å²) < 4.78 is 27.9. The Morgan fingerprint density at radius 3 is 2.42 bits per heavy atom. The van der Waals surface area contributed by atoms with Crippen molar-refractivity contribution >= 4 is 27.3 Å². The average Bonchev–Trinajstić information content (AvgIpc) is 3.33. The summed E-state index contributed by atoms with van der Waals surface area (Å²) in [7, 11) is -3.58. The quantitative estimate of drug-likeness (QED) is 0.842. The molecule has 1 aromatic heterocycles. The molecule has 1 unspecified atom stereocenters. The minimum atomic E-state index is -3.58. The van der Waals surface area contributed by atoms with Crippen LogP contribution in [0.25, 0.3) is 0 Å². The zero-order valence-corrected chi connectivity index (χ0v) is 16.8. The molecule has 26 heavy (non-hydrogen) atoms. The number of aryl methyl sites for hydroxylation is 1. The lowest BCUT2D eigenvalue weighted by Crippen LogP contribution is -2.48. The van der Waals surface area contributed by atoms with E-state index < -0.39 is 16.1 Å². The number of sulfonamides is 1. The molecule has 6 nitrogen and oxygen atoms in total. The van der Waals surface area contributed by atoms with Gasteiger partial charge >= 0.3 is 0 Å². The summed E-state index contributed by atoms with van der Waals surface area (Å²) in [5.41, 5.74) is 0. The number of amides is 1. The van der Waals surface area contributed by atoms with Gasteiger partial charge in [-0.3, -0.25) is 4.79 Å². The Bertz CT molecular complexity index is 762. The van der Waals surface area contributed by atoms with Crippen LogP contribution in [0.2, 0.25) is 0 Å². The zero-order valence-electron chi connectivity index (χ0n) is 15.2. The molecular formula is C18H27N3O3S2. The molecule has 3 aliphatic heterocycles. The van der Waals surface area contributed by atoms with Crippen LogP contribution < -0.4 is 5.32 Å². The van der Waals surface area contributed by atoms with Crippen molar-refractivity contribution in [3.8, 4) is 0 Å². The summed E-state index contributed by atoms with van der Waals surface area (Å²) >= 11 is 1.28. The van der Waals surface area contributed by atoms with Crippen LogP contribution in [0.3, 0.4) is 0 Å². The number of carbonyl (C=O) groups is 1. The fourth-order valence-electron chi connectivity index (χ4n) is 4.59. The Kier molecular flexibility index (Phi) is 5.11. The second-order valence-corrected chi connectivity index (χ2v) is 11.1. The van der Waals surface area contributed by atoms with E-state index >= 15 is 0 Å². The first-order chi connectivity index (χ1) is 12.5. The molecule has 1 N–H and O–H groups in total. The number of hydrogen-bond donors (Lipinski definition) is 1. The van der Waals surface area contributed by atoms with Crippen molar-refractivity contribution in [2.75, 3.05) is 32.7 Å². The number of rotatable bonds is 3. The highest BCUT2D eigenvalue weighted by Crippen LogP contribution is 2.32. The molecular weight excluding hydrogens is 370 g/mol. The number of nitrogens with zero attached hydrogens (tertiary/aromatic N) is 2. The van der Waals surface area contributed by atoms with E-state index in [9.17, 15) is 13.2 Å². The number of thiophene rings is 1. The lowest BCUT2D eigenvalue weighted by molar-refractivity contribution is -0.134. The van der Waals surface area contributed by atoms with Crippen molar-refractivity contribution < 1.29 is 13.2 Å². The maximum atomic E-state index is 13.2. The fourth-order valence-corrected chi connectivity index (χ4v) is 7.65. The standard InChI is InChI=1S/C18H27N3O3S2/c1-13-4-5-17(25-13)26(23,24)21-8-2-3-16(21)18(22)20-9-6-14-11-19-12-15(14)7-10-20/h4-5,14-16,19H,2-3,6-12H2,1H3/t14-,15+,16?.